The first-order valence-electron chi connectivity index (χ1n) is 3.99. The van der Waals surface area contributed by atoms with Gasteiger partial charge in [0.25, 0.3) is 10.2 Å². The lowest BCUT2D eigenvalue weighted by atomic mass is 10.2. The maximum atomic E-state index is 11.1. The van der Waals surface area contributed by atoms with Crippen molar-refractivity contribution >= 4 is 33.1 Å². The number of benzene rings is 1. The van der Waals surface area contributed by atoms with Gasteiger partial charge in [0.15, 0.2) is 0 Å². The summed E-state index contributed by atoms with van der Waals surface area (Å²) in [6.07, 6.45) is 0. The smallest absolute Gasteiger partial charge is 0.298 e. The van der Waals surface area contributed by atoms with Crippen LogP contribution in [0.25, 0.3) is 0 Å². The quantitative estimate of drug-likeness (QED) is 0.731. The highest BCUT2D eigenvalue weighted by molar-refractivity contribution is 7.90. The van der Waals surface area contributed by atoms with Gasteiger partial charge in [-0.25, -0.2) is 5.14 Å². The zero-order valence-electron chi connectivity index (χ0n) is 8.04. The molecule has 82 valence electrons. The lowest BCUT2D eigenvalue weighted by Gasteiger charge is -2.16. The molecular formula is C8H11N3O2S2. The Bertz CT molecular complexity index is 484. The highest BCUT2D eigenvalue weighted by Gasteiger charge is 2.12. The summed E-state index contributed by atoms with van der Waals surface area (Å²) >= 11 is 4.78. The number of hydrogen-bond donors (Lipinski definition) is 2. The van der Waals surface area contributed by atoms with Crippen molar-refractivity contribution in [2.45, 2.75) is 0 Å². The number of nitrogens with zero attached hydrogens (tertiary/aromatic N) is 1. The molecule has 0 aliphatic rings. The molecule has 15 heavy (non-hydrogen) atoms. The Morgan fingerprint density at radius 3 is 2.53 bits per heavy atom. The Hall–Kier alpha value is -1.18. The molecule has 1 aromatic carbocycles. The molecule has 0 spiro atoms. The van der Waals surface area contributed by atoms with Crippen molar-refractivity contribution in [1.82, 2.24) is 0 Å². The average molecular weight is 245 g/mol. The van der Waals surface area contributed by atoms with E-state index in [0.29, 0.717) is 11.3 Å². The van der Waals surface area contributed by atoms with Crippen LogP contribution in [0, 0.1) is 0 Å². The van der Waals surface area contributed by atoms with E-state index in [0.717, 1.165) is 4.31 Å². The molecule has 0 amide bonds. The molecule has 0 bridgehead atoms. The van der Waals surface area contributed by atoms with Gasteiger partial charge in [-0.1, -0.05) is 24.4 Å². The second-order valence-electron chi connectivity index (χ2n) is 2.93. The monoisotopic (exact) mass is 245 g/mol. The molecule has 0 saturated carbocycles. The molecule has 1 rings (SSSR count). The molecule has 0 aliphatic heterocycles. The Kier molecular flexibility index (Phi) is 3.28. The van der Waals surface area contributed by atoms with Gasteiger partial charge < -0.3 is 5.73 Å². The van der Waals surface area contributed by atoms with Crippen LogP contribution in [0.1, 0.15) is 5.56 Å². The second kappa shape index (κ2) is 4.13. The summed E-state index contributed by atoms with van der Waals surface area (Å²) in [5.41, 5.74) is 6.44. The molecule has 1 aromatic rings. The summed E-state index contributed by atoms with van der Waals surface area (Å²) in [6, 6.07) is 6.52. The zero-order valence-corrected chi connectivity index (χ0v) is 9.68. The maximum Gasteiger partial charge on any atom is 0.298 e. The normalized spacial score (nSPS) is 11.1. The summed E-state index contributed by atoms with van der Waals surface area (Å²) in [4.78, 5) is 0.208. The van der Waals surface area contributed by atoms with E-state index in [1.54, 1.807) is 24.3 Å². The Morgan fingerprint density at radius 1 is 1.47 bits per heavy atom. The first-order chi connectivity index (χ1) is 6.82. The molecule has 0 aromatic heterocycles. The Labute approximate surface area is 93.9 Å². The average Bonchev–Trinajstić information content (AvgIpc) is 2.15. The van der Waals surface area contributed by atoms with Gasteiger partial charge in [-0.3, -0.25) is 4.31 Å². The summed E-state index contributed by atoms with van der Waals surface area (Å²) < 4.78 is 23.1. The summed E-state index contributed by atoms with van der Waals surface area (Å²) in [5, 5.41) is 4.97. The van der Waals surface area contributed by atoms with Gasteiger partial charge in [-0.05, 0) is 12.1 Å². The minimum absolute atomic E-state index is 0.208. The van der Waals surface area contributed by atoms with Crippen LogP contribution in [-0.2, 0) is 10.2 Å². The Morgan fingerprint density at radius 2 is 2.07 bits per heavy atom. The van der Waals surface area contributed by atoms with E-state index in [9.17, 15) is 8.42 Å². The van der Waals surface area contributed by atoms with Crippen molar-refractivity contribution in [1.29, 1.82) is 0 Å². The number of thiocarbonyl (C=S) groups is 1. The number of rotatable bonds is 3. The van der Waals surface area contributed by atoms with Gasteiger partial charge in [0.1, 0.15) is 4.99 Å². The van der Waals surface area contributed by atoms with Gasteiger partial charge in [-0.2, -0.15) is 8.42 Å². The summed E-state index contributed by atoms with van der Waals surface area (Å²) in [6.45, 7) is 0. The third-order valence-electron chi connectivity index (χ3n) is 1.88. The predicted octanol–water partition coefficient (Wildman–Crippen LogP) is -0.0395. The molecule has 0 unspecified atom stereocenters. The fourth-order valence-electron chi connectivity index (χ4n) is 1.00. The first kappa shape index (κ1) is 11.9. The molecular weight excluding hydrogens is 234 g/mol. The molecule has 4 N–H and O–H groups in total. The van der Waals surface area contributed by atoms with Gasteiger partial charge in [0.05, 0.1) is 5.69 Å². The van der Waals surface area contributed by atoms with E-state index in [1.165, 1.54) is 7.05 Å². The molecule has 5 nitrogen and oxygen atoms in total. The van der Waals surface area contributed by atoms with Crippen LogP contribution >= 0.6 is 12.2 Å². The van der Waals surface area contributed by atoms with E-state index in [-0.39, 0.29) is 4.99 Å². The fraction of sp³-hybridized carbons (Fsp3) is 0.125. The highest BCUT2D eigenvalue weighted by atomic mass is 32.2. The minimum Gasteiger partial charge on any atom is -0.389 e. The molecule has 0 atom stereocenters. The van der Waals surface area contributed by atoms with Gasteiger partial charge >= 0.3 is 0 Å². The topological polar surface area (TPSA) is 89.4 Å². The fourth-order valence-corrected chi connectivity index (χ4v) is 1.54. The maximum absolute atomic E-state index is 11.1. The van der Waals surface area contributed by atoms with Crippen molar-refractivity contribution in [3.05, 3.63) is 29.8 Å². The molecule has 7 heteroatoms. The van der Waals surface area contributed by atoms with Gasteiger partial charge in [0.2, 0.25) is 0 Å². The SMILES string of the molecule is CN(c1cccc(C(N)=S)c1)S(N)(=O)=O. The molecule has 0 radical (unpaired) electrons. The van der Waals surface area contributed by atoms with Crippen molar-refractivity contribution in [2.75, 3.05) is 11.4 Å². The van der Waals surface area contributed by atoms with Crippen LogP contribution in [-0.4, -0.2) is 20.5 Å². The zero-order chi connectivity index (χ0) is 11.6. The van der Waals surface area contributed by atoms with E-state index >= 15 is 0 Å². The minimum atomic E-state index is -3.75. The van der Waals surface area contributed by atoms with Gasteiger partial charge in [0, 0.05) is 12.6 Å². The summed E-state index contributed by atoms with van der Waals surface area (Å²) in [5.74, 6) is 0. The first-order valence-corrected chi connectivity index (χ1v) is 5.90. The molecule has 0 fully saturated rings. The molecule has 0 saturated heterocycles. The van der Waals surface area contributed by atoms with Crippen LogP contribution in [0.5, 0.6) is 0 Å². The third kappa shape index (κ3) is 2.88. The van der Waals surface area contributed by atoms with E-state index in [4.69, 9.17) is 23.1 Å². The van der Waals surface area contributed by atoms with E-state index in [2.05, 4.69) is 0 Å². The largest absolute Gasteiger partial charge is 0.389 e. The van der Waals surface area contributed by atoms with Crippen molar-refractivity contribution < 1.29 is 8.42 Å². The van der Waals surface area contributed by atoms with Crippen molar-refractivity contribution in [2.24, 2.45) is 10.9 Å². The van der Waals surface area contributed by atoms with Crippen LogP contribution in [0.3, 0.4) is 0 Å². The lowest BCUT2D eigenvalue weighted by Crippen LogP contribution is -2.33. The van der Waals surface area contributed by atoms with Crippen molar-refractivity contribution in [3.63, 3.8) is 0 Å². The third-order valence-corrected chi connectivity index (χ3v) is 3.09. The van der Waals surface area contributed by atoms with Crippen LogP contribution in [0.4, 0.5) is 5.69 Å². The van der Waals surface area contributed by atoms with Crippen LogP contribution in [0.15, 0.2) is 24.3 Å². The summed E-state index contributed by atoms with van der Waals surface area (Å²) in [7, 11) is -2.39. The number of nitrogens with two attached hydrogens (primary N) is 2. The van der Waals surface area contributed by atoms with Crippen LogP contribution in [0.2, 0.25) is 0 Å². The van der Waals surface area contributed by atoms with Crippen LogP contribution < -0.4 is 15.2 Å². The standard InChI is InChI=1S/C8H11N3O2S2/c1-11(15(10,12)13)7-4-2-3-6(5-7)8(9)14/h2-5H,1H3,(H2,9,14)(H2,10,12,13). The van der Waals surface area contributed by atoms with E-state index in [1.807, 2.05) is 0 Å². The van der Waals surface area contributed by atoms with E-state index < -0.39 is 10.2 Å². The number of hydrogen-bond acceptors (Lipinski definition) is 3. The predicted molar refractivity (Wildman–Crippen MR) is 63.8 cm³/mol. The van der Waals surface area contributed by atoms with Crippen molar-refractivity contribution in [3.8, 4) is 0 Å². The molecule has 0 heterocycles. The lowest BCUT2D eigenvalue weighted by molar-refractivity contribution is 0.596. The molecule has 0 aliphatic carbocycles. The number of anilines is 1. The Balaban J connectivity index is 3.17. The van der Waals surface area contributed by atoms with Gasteiger partial charge in [-0.15, -0.1) is 0 Å². The highest BCUT2D eigenvalue weighted by Crippen LogP contribution is 2.16. The second-order valence-corrected chi connectivity index (χ2v) is 4.94.